The first kappa shape index (κ1) is 14.3. The zero-order valence-corrected chi connectivity index (χ0v) is 11.4. The molecule has 4 heteroatoms. The fraction of sp³-hybridized carbons (Fsp3) is 0.923. The number of rotatable bonds is 0. The zero-order valence-electron chi connectivity index (χ0n) is 11.4. The van der Waals surface area contributed by atoms with Crippen LogP contribution in [-0.2, 0) is 4.74 Å². The molecule has 0 aromatic heterocycles. The Morgan fingerprint density at radius 3 is 2.18 bits per heavy atom. The van der Waals surface area contributed by atoms with E-state index in [1.807, 2.05) is 25.7 Å². The molecule has 1 saturated carbocycles. The number of piperidine rings is 1. The fourth-order valence-corrected chi connectivity index (χ4v) is 2.45. The summed E-state index contributed by atoms with van der Waals surface area (Å²) in [5, 5.41) is 7.00. The fourth-order valence-electron chi connectivity index (χ4n) is 2.45. The number of hydrogen-bond donors (Lipinski definition) is 1. The first-order chi connectivity index (χ1) is 7.96. The number of likely N-dealkylation sites (tertiary alicyclic amines) is 1. The maximum Gasteiger partial charge on any atom is 0.410 e. The van der Waals surface area contributed by atoms with Gasteiger partial charge in [-0.3, -0.25) is 0 Å². The normalized spacial score (nSPS) is 27.2. The average molecular weight is 243 g/mol. The van der Waals surface area contributed by atoms with Crippen LogP contribution in [-0.4, -0.2) is 41.9 Å². The number of carbonyl (C=O) groups excluding carboxylic acids is 1. The van der Waals surface area contributed by atoms with Crippen molar-refractivity contribution in [3.63, 3.8) is 0 Å². The predicted octanol–water partition coefficient (Wildman–Crippen LogP) is 2.26. The number of aliphatic hydroxyl groups is 1. The van der Waals surface area contributed by atoms with E-state index in [0.29, 0.717) is 0 Å². The van der Waals surface area contributed by atoms with Gasteiger partial charge in [0, 0.05) is 20.2 Å². The standard InChI is InChI=1S/C12H21NO2.CH4O/c1-12(2,3)15-11(14)13-7-6-9-4-5-10(9)8-13;1-2/h9-10H,4-8H2,1-3H3;2H,1H3. The van der Waals surface area contributed by atoms with Gasteiger partial charge in [0.05, 0.1) is 0 Å². The molecule has 1 saturated heterocycles. The van der Waals surface area contributed by atoms with Crippen LogP contribution >= 0.6 is 0 Å². The molecule has 2 aliphatic rings. The van der Waals surface area contributed by atoms with Crippen molar-refractivity contribution in [3.05, 3.63) is 0 Å². The number of hydrogen-bond acceptors (Lipinski definition) is 3. The molecular formula is C13H25NO3. The van der Waals surface area contributed by atoms with E-state index in [1.165, 1.54) is 19.3 Å². The minimum absolute atomic E-state index is 0.132. The van der Waals surface area contributed by atoms with Crippen LogP contribution in [0.5, 0.6) is 0 Å². The number of nitrogens with zero attached hydrogens (tertiary/aromatic N) is 1. The van der Waals surface area contributed by atoms with Gasteiger partial charge in [-0.25, -0.2) is 4.79 Å². The third kappa shape index (κ3) is 3.87. The van der Waals surface area contributed by atoms with Crippen LogP contribution in [0.1, 0.15) is 40.0 Å². The summed E-state index contributed by atoms with van der Waals surface area (Å²) in [5.41, 5.74) is -0.368. The molecule has 1 N–H and O–H groups in total. The number of carbonyl (C=O) groups is 1. The second kappa shape index (κ2) is 5.71. The Hall–Kier alpha value is -0.770. The van der Waals surface area contributed by atoms with Gasteiger partial charge >= 0.3 is 6.09 Å². The zero-order chi connectivity index (χ0) is 13.1. The first-order valence-corrected chi connectivity index (χ1v) is 6.38. The molecule has 0 aromatic rings. The lowest BCUT2D eigenvalue weighted by Crippen LogP contribution is -2.49. The van der Waals surface area contributed by atoms with Gasteiger partial charge in [0.1, 0.15) is 5.60 Å². The highest BCUT2D eigenvalue weighted by molar-refractivity contribution is 5.68. The summed E-state index contributed by atoms with van der Waals surface area (Å²) >= 11 is 0. The minimum Gasteiger partial charge on any atom is -0.444 e. The molecule has 4 nitrogen and oxygen atoms in total. The summed E-state index contributed by atoms with van der Waals surface area (Å²) in [6.07, 6.45) is 3.70. The van der Waals surface area contributed by atoms with Crippen molar-refractivity contribution >= 4 is 6.09 Å². The molecule has 1 heterocycles. The van der Waals surface area contributed by atoms with E-state index >= 15 is 0 Å². The predicted molar refractivity (Wildman–Crippen MR) is 66.8 cm³/mol. The number of fused-ring (bicyclic) bond motifs is 1. The second-order valence-corrected chi connectivity index (χ2v) is 5.81. The van der Waals surface area contributed by atoms with Crippen LogP contribution in [0.2, 0.25) is 0 Å². The number of aliphatic hydroxyl groups excluding tert-OH is 1. The Morgan fingerprint density at radius 2 is 1.76 bits per heavy atom. The van der Waals surface area contributed by atoms with Gasteiger partial charge in [0.25, 0.3) is 0 Å². The maximum absolute atomic E-state index is 11.8. The van der Waals surface area contributed by atoms with Crippen molar-refractivity contribution in [1.82, 2.24) is 4.90 Å². The highest BCUT2D eigenvalue weighted by Gasteiger charge is 2.38. The van der Waals surface area contributed by atoms with Crippen LogP contribution in [0.25, 0.3) is 0 Å². The lowest BCUT2D eigenvalue weighted by molar-refractivity contribution is -0.00502. The van der Waals surface area contributed by atoms with Crippen LogP contribution in [0.3, 0.4) is 0 Å². The van der Waals surface area contributed by atoms with Crippen molar-refractivity contribution in [2.75, 3.05) is 20.2 Å². The van der Waals surface area contributed by atoms with E-state index in [0.717, 1.165) is 32.0 Å². The molecule has 100 valence electrons. The molecular weight excluding hydrogens is 218 g/mol. The summed E-state index contributed by atoms with van der Waals surface area (Å²) in [5.74, 6) is 1.65. The van der Waals surface area contributed by atoms with Crippen LogP contribution in [0.15, 0.2) is 0 Å². The van der Waals surface area contributed by atoms with Gasteiger partial charge in [-0.15, -0.1) is 0 Å². The molecule has 2 rings (SSSR count). The third-order valence-corrected chi connectivity index (χ3v) is 3.45. The molecule has 17 heavy (non-hydrogen) atoms. The van der Waals surface area contributed by atoms with Crippen LogP contribution in [0, 0.1) is 11.8 Å². The smallest absolute Gasteiger partial charge is 0.410 e. The Bertz CT molecular complexity index is 260. The first-order valence-electron chi connectivity index (χ1n) is 6.38. The highest BCUT2D eigenvalue weighted by Crippen LogP contribution is 2.40. The van der Waals surface area contributed by atoms with Crippen molar-refractivity contribution in [3.8, 4) is 0 Å². The lowest BCUT2D eigenvalue weighted by atomic mass is 9.70. The molecule has 0 bridgehead atoms. The van der Waals surface area contributed by atoms with Gasteiger partial charge < -0.3 is 14.7 Å². The molecule has 2 fully saturated rings. The Kier molecular flexibility index (Phi) is 4.80. The summed E-state index contributed by atoms with van der Waals surface area (Å²) in [6.45, 7) is 7.55. The molecule has 1 aliphatic carbocycles. The molecule has 0 radical (unpaired) electrons. The SMILES string of the molecule is CC(C)(C)OC(=O)N1CCC2CCC2C1.CO. The largest absolute Gasteiger partial charge is 0.444 e. The highest BCUT2D eigenvalue weighted by atomic mass is 16.6. The van der Waals surface area contributed by atoms with Crippen molar-refractivity contribution in [2.24, 2.45) is 11.8 Å². The van der Waals surface area contributed by atoms with E-state index in [9.17, 15) is 4.79 Å². The minimum atomic E-state index is -0.368. The number of ether oxygens (including phenoxy) is 1. The van der Waals surface area contributed by atoms with E-state index in [4.69, 9.17) is 9.84 Å². The molecule has 1 aliphatic heterocycles. The van der Waals surface area contributed by atoms with Crippen molar-refractivity contribution in [1.29, 1.82) is 0 Å². The van der Waals surface area contributed by atoms with Crippen LogP contribution < -0.4 is 0 Å². The quantitative estimate of drug-likeness (QED) is 0.710. The lowest BCUT2D eigenvalue weighted by Gasteiger charge is -2.45. The molecule has 1 amide bonds. The molecule has 2 atom stereocenters. The molecule has 0 aromatic carbocycles. The Balaban J connectivity index is 0.000000686. The van der Waals surface area contributed by atoms with Gasteiger partial charge in [-0.2, -0.15) is 0 Å². The summed E-state index contributed by atoms with van der Waals surface area (Å²) in [4.78, 5) is 13.7. The van der Waals surface area contributed by atoms with Crippen molar-refractivity contribution < 1.29 is 14.6 Å². The van der Waals surface area contributed by atoms with E-state index < -0.39 is 0 Å². The Morgan fingerprint density at radius 1 is 1.18 bits per heavy atom. The maximum atomic E-state index is 11.8. The molecule has 2 unspecified atom stereocenters. The third-order valence-electron chi connectivity index (χ3n) is 3.45. The topological polar surface area (TPSA) is 49.8 Å². The van der Waals surface area contributed by atoms with Gasteiger partial charge in [-0.1, -0.05) is 0 Å². The van der Waals surface area contributed by atoms with E-state index in [-0.39, 0.29) is 11.7 Å². The summed E-state index contributed by atoms with van der Waals surface area (Å²) < 4.78 is 5.37. The van der Waals surface area contributed by atoms with Gasteiger partial charge in [0.2, 0.25) is 0 Å². The van der Waals surface area contributed by atoms with E-state index in [1.54, 1.807) is 0 Å². The van der Waals surface area contributed by atoms with Gasteiger partial charge in [0.15, 0.2) is 0 Å². The monoisotopic (exact) mass is 243 g/mol. The Labute approximate surface area is 104 Å². The average Bonchev–Trinajstić information content (AvgIpc) is 2.20. The number of amides is 1. The second-order valence-electron chi connectivity index (χ2n) is 5.81. The summed E-state index contributed by atoms with van der Waals surface area (Å²) in [6, 6.07) is 0. The van der Waals surface area contributed by atoms with Crippen molar-refractivity contribution in [2.45, 2.75) is 45.6 Å². The summed E-state index contributed by atoms with van der Waals surface area (Å²) in [7, 11) is 1.00. The molecule has 0 spiro atoms. The van der Waals surface area contributed by atoms with Crippen LogP contribution in [0.4, 0.5) is 4.79 Å². The van der Waals surface area contributed by atoms with E-state index in [2.05, 4.69) is 0 Å². The van der Waals surface area contributed by atoms with Gasteiger partial charge in [-0.05, 0) is 51.9 Å².